The van der Waals surface area contributed by atoms with Gasteiger partial charge in [0.25, 0.3) is 0 Å². The number of fused-ring (bicyclic) bond motifs is 10. The highest BCUT2D eigenvalue weighted by Crippen LogP contribution is 2.60. The smallest absolute Gasteiger partial charge is 0.233 e. The molecule has 0 amide bonds. The third kappa shape index (κ3) is 2.29. The zero-order chi connectivity index (χ0) is 29.4. The first-order chi connectivity index (χ1) is 22.9. The van der Waals surface area contributed by atoms with E-state index in [2.05, 4.69) is 143 Å². The summed E-state index contributed by atoms with van der Waals surface area (Å²) in [5.41, 5.74) is 20.7. The molecule has 13 rings (SSSR count). The summed E-state index contributed by atoms with van der Waals surface area (Å²) in [5.74, 6) is 0. The fourth-order valence-corrected chi connectivity index (χ4v) is 10.2. The van der Waals surface area contributed by atoms with Crippen molar-refractivity contribution in [2.24, 2.45) is 0 Å². The lowest BCUT2D eigenvalue weighted by atomic mass is 9.27. The molecule has 4 heteroatoms. The number of hydrogen-bond donors (Lipinski definition) is 0. The van der Waals surface area contributed by atoms with Crippen molar-refractivity contribution in [2.45, 2.75) is 0 Å². The largest absolute Gasteiger partial charge is 0.310 e. The summed E-state index contributed by atoms with van der Waals surface area (Å²) >= 11 is 0. The second-order valence-corrected chi connectivity index (χ2v) is 13.6. The molecule has 0 radical (unpaired) electrons. The molecule has 8 aromatic rings. The second-order valence-electron chi connectivity index (χ2n) is 13.6. The van der Waals surface area contributed by atoms with Gasteiger partial charge < -0.3 is 9.47 Å². The van der Waals surface area contributed by atoms with E-state index in [0.717, 1.165) is 0 Å². The summed E-state index contributed by atoms with van der Waals surface area (Å²) < 4.78 is 2.51. The number of para-hydroxylation sites is 2. The number of hydrogen-bond acceptors (Lipinski definition) is 1. The predicted molar refractivity (Wildman–Crippen MR) is 195 cm³/mol. The highest BCUT2D eigenvalue weighted by atomic mass is 15.2. The SMILES string of the molecule is c1ccc2c(c1)B1C3=C4c5c1cccc5-c1ccc5cccc6c5c1N4c1c(cc(-n4c5ccccc5c5ccccc54)cc1-6)B32. The standard InChI is InChI=1S/C42H22B2N2/c1-5-17-35-25(10-1)26-11-2-6-18-36(26)45(35)24-21-30-28-12-7-9-23-19-20-29-27-13-8-16-33-38(27)41-42-43(33)31-14-3-4-15-32(31)44(42)34(22-24)39(30)46(41)40(29)37(23)28/h1-22H. The van der Waals surface area contributed by atoms with Crippen LogP contribution < -0.4 is 26.8 Å². The summed E-state index contributed by atoms with van der Waals surface area (Å²) in [6.45, 7) is 0.516. The fraction of sp³-hybridized carbons (Fsp3) is 0. The van der Waals surface area contributed by atoms with Crippen molar-refractivity contribution in [2.75, 3.05) is 4.90 Å². The lowest BCUT2D eigenvalue weighted by Crippen LogP contribution is -2.50. The molecule has 5 aliphatic heterocycles. The fourth-order valence-electron chi connectivity index (χ4n) is 10.2. The van der Waals surface area contributed by atoms with Crippen LogP contribution in [0.25, 0.3) is 66.2 Å². The summed E-state index contributed by atoms with van der Waals surface area (Å²) in [7, 11) is 0. The molecule has 46 heavy (non-hydrogen) atoms. The number of rotatable bonds is 1. The first-order valence-corrected chi connectivity index (χ1v) is 16.4. The van der Waals surface area contributed by atoms with E-state index in [1.165, 1.54) is 105 Å². The molecule has 0 saturated heterocycles. The first-order valence-electron chi connectivity index (χ1n) is 16.4. The summed E-state index contributed by atoms with van der Waals surface area (Å²) in [6.07, 6.45) is 0. The maximum atomic E-state index is 2.70. The van der Waals surface area contributed by atoms with E-state index in [1.54, 1.807) is 5.37 Å². The number of aromatic nitrogens is 1. The van der Waals surface area contributed by atoms with Crippen LogP contribution in [-0.2, 0) is 0 Å². The van der Waals surface area contributed by atoms with Crippen molar-refractivity contribution >= 4 is 84.9 Å². The molecule has 0 saturated carbocycles. The Morgan fingerprint density at radius 3 is 1.93 bits per heavy atom. The van der Waals surface area contributed by atoms with Crippen molar-refractivity contribution in [3.63, 3.8) is 0 Å². The van der Waals surface area contributed by atoms with Gasteiger partial charge in [0.15, 0.2) is 0 Å². The van der Waals surface area contributed by atoms with E-state index in [-0.39, 0.29) is 6.71 Å². The van der Waals surface area contributed by atoms with Gasteiger partial charge in [0.2, 0.25) is 13.4 Å². The molecule has 5 aliphatic rings. The summed E-state index contributed by atoms with van der Waals surface area (Å²) in [6, 6.07) is 50.8. The Morgan fingerprint density at radius 2 is 1.13 bits per heavy atom. The molecule has 0 N–H and O–H groups in total. The maximum absolute atomic E-state index is 2.70. The molecule has 1 aromatic heterocycles. The van der Waals surface area contributed by atoms with Crippen LogP contribution in [0.1, 0.15) is 5.56 Å². The molecular formula is C42H22B2N2. The molecule has 0 spiro atoms. The minimum atomic E-state index is 0.223. The van der Waals surface area contributed by atoms with E-state index in [1.807, 2.05) is 0 Å². The second kappa shape index (κ2) is 7.38. The molecule has 0 atom stereocenters. The van der Waals surface area contributed by atoms with Gasteiger partial charge in [0.1, 0.15) is 0 Å². The van der Waals surface area contributed by atoms with Crippen molar-refractivity contribution in [3.05, 3.63) is 144 Å². The molecule has 2 nitrogen and oxygen atoms in total. The summed E-state index contributed by atoms with van der Waals surface area (Å²) in [4.78, 5) is 2.70. The van der Waals surface area contributed by atoms with Crippen LogP contribution in [0, 0.1) is 0 Å². The number of nitrogens with zero attached hydrogens (tertiary/aromatic N) is 2. The Hall–Kier alpha value is -5.73. The van der Waals surface area contributed by atoms with Crippen molar-refractivity contribution in [1.29, 1.82) is 0 Å². The molecule has 0 aliphatic carbocycles. The normalized spacial score (nSPS) is 15.2. The van der Waals surface area contributed by atoms with Gasteiger partial charge in [0.05, 0.1) is 16.7 Å². The molecule has 0 unspecified atom stereocenters. The highest BCUT2D eigenvalue weighted by molar-refractivity contribution is 7.19. The molecular weight excluding hydrogens is 554 g/mol. The van der Waals surface area contributed by atoms with E-state index < -0.39 is 0 Å². The van der Waals surface area contributed by atoms with E-state index >= 15 is 0 Å². The van der Waals surface area contributed by atoms with E-state index in [0.29, 0.717) is 6.71 Å². The average molecular weight is 576 g/mol. The van der Waals surface area contributed by atoms with Crippen LogP contribution in [0.4, 0.5) is 11.4 Å². The Labute approximate surface area is 266 Å². The average Bonchev–Trinajstić information content (AvgIpc) is 3.76. The van der Waals surface area contributed by atoms with Gasteiger partial charge in [-0.2, -0.15) is 0 Å². The Balaban J connectivity index is 1.26. The van der Waals surface area contributed by atoms with Gasteiger partial charge in [-0.1, -0.05) is 131 Å². The maximum Gasteiger partial charge on any atom is 0.233 e. The van der Waals surface area contributed by atoms with Crippen LogP contribution >= 0.6 is 0 Å². The van der Waals surface area contributed by atoms with Crippen molar-refractivity contribution in [3.8, 4) is 27.9 Å². The van der Waals surface area contributed by atoms with Gasteiger partial charge >= 0.3 is 0 Å². The minimum Gasteiger partial charge on any atom is -0.310 e. The van der Waals surface area contributed by atoms with Crippen LogP contribution in [0.5, 0.6) is 0 Å². The Bertz CT molecular complexity index is 2790. The van der Waals surface area contributed by atoms with E-state index in [4.69, 9.17) is 0 Å². The summed E-state index contributed by atoms with van der Waals surface area (Å²) in [5, 5.41) is 6.85. The van der Waals surface area contributed by atoms with Gasteiger partial charge in [0, 0.05) is 49.9 Å². The Kier molecular flexibility index (Phi) is 3.65. The lowest BCUT2D eigenvalue weighted by molar-refractivity contribution is 1.18. The molecule has 206 valence electrons. The predicted octanol–water partition coefficient (Wildman–Crippen LogP) is 7.08. The lowest BCUT2D eigenvalue weighted by Gasteiger charge is -2.45. The van der Waals surface area contributed by atoms with Crippen LogP contribution in [0.15, 0.2) is 139 Å². The number of anilines is 2. The number of benzene rings is 7. The molecule has 0 fully saturated rings. The van der Waals surface area contributed by atoms with Crippen LogP contribution in [0.2, 0.25) is 0 Å². The van der Waals surface area contributed by atoms with Crippen LogP contribution in [-0.4, -0.2) is 18.0 Å². The van der Waals surface area contributed by atoms with Gasteiger partial charge in [-0.05, 0) is 46.2 Å². The molecule has 6 heterocycles. The van der Waals surface area contributed by atoms with Gasteiger partial charge in [-0.15, -0.1) is 0 Å². The quantitative estimate of drug-likeness (QED) is 0.190. The third-order valence-electron chi connectivity index (χ3n) is 11.7. The monoisotopic (exact) mass is 576 g/mol. The highest BCUT2D eigenvalue weighted by Gasteiger charge is 2.56. The van der Waals surface area contributed by atoms with Gasteiger partial charge in [-0.3, -0.25) is 0 Å². The van der Waals surface area contributed by atoms with Crippen LogP contribution in [0.3, 0.4) is 0 Å². The Morgan fingerprint density at radius 1 is 0.457 bits per heavy atom. The molecule has 7 aromatic carbocycles. The minimum absolute atomic E-state index is 0.223. The zero-order valence-corrected chi connectivity index (χ0v) is 24.8. The third-order valence-corrected chi connectivity index (χ3v) is 11.7. The zero-order valence-electron chi connectivity index (χ0n) is 24.8. The topological polar surface area (TPSA) is 8.17 Å². The van der Waals surface area contributed by atoms with Crippen molar-refractivity contribution in [1.82, 2.24) is 4.57 Å². The van der Waals surface area contributed by atoms with Crippen molar-refractivity contribution < 1.29 is 0 Å². The molecule has 0 bridgehead atoms. The van der Waals surface area contributed by atoms with E-state index in [9.17, 15) is 0 Å². The first kappa shape index (κ1) is 22.7. The van der Waals surface area contributed by atoms with Gasteiger partial charge in [-0.25, -0.2) is 0 Å².